The van der Waals surface area contributed by atoms with Crippen LogP contribution in [-0.4, -0.2) is 50.1 Å². The number of benzene rings is 2. The second-order valence-electron chi connectivity index (χ2n) is 7.84. The van der Waals surface area contributed by atoms with Crippen LogP contribution in [0.2, 0.25) is 0 Å². The third kappa shape index (κ3) is 6.87. The fourth-order valence-corrected chi connectivity index (χ4v) is 3.80. The van der Waals surface area contributed by atoms with Gasteiger partial charge in [0.1, 0.15) is 5.82 Å². The van der Waals surface area contributed by atoms with Crippen molar-refractivity contribution in [1.29, 1.82) is 0 Å². The number of para-hydroxylation sites is 1. The van der Waals surface area contributed by atoms with Gasteiger partial charge in [-0.15, -0.1) is 0 Å². The lowest BCUT2D eigenvalue weighted by Gasteiger charge is -2.32. The highest BCUT2D eigenvalue weighted by Gasteiger charge is 2.26. The van der Waals surface area contributed by atoms with Gasteiger partial charge in [-0.2, -0.15) is 0 Å². The first-order valence-corrected chi connectivity index (χ1v) is 10.7. The zero-order valence-corrected chi connectivity index (χ0v) is 17.9. The number of rotatable bonds is 9. The Morgan fingerprint density at radius 2 is 1.94 bits per heavy atom. The molecule has 1 saturated heterocycles. The summed E-state index contributed by atoms with van der Waals surface area (Å²) in [6, 6.07) is 13.5. The van der Waals surface area contributed by atoms with Crippen LogP contribution in [0, 0.1) is 11.7 Å². The lowest BCUT2D eigenvalue weighted by Crippen LogP contribution is -2.40. The molecule has 1 heterocycles. The number of piperidine rings is 1. The molecule has 1 atom stereocenters. The van der Waals surface area contributed by atoms with Crippen molar-refractivity contribution >= 4 is 17.5 Å². The number of amides is 2. The maximum atomic E-state index is 13.1. The molecule has 31 heavy (non-hydrogen) atoms. The van der Waals surface area contributed by atoms with Gasteiger partial charge in [0.05, 0.1) is 17.2 Å². The summed E-state index contributed by atoms with van der Waals surface area (Å²) >= 11 is 0. The number of nitrogens with one attached hydrogen (secondary N) is 2. The van der Waals surface area contributed by atoms with E-state index in [2.05, 4.69) is 15.5 Å². The molecule has 7 heteroatoms. The van der Waals surface area contributed by atoms with E-state index in [0.29, 0.717) is 37.5 Å². The van der Waals surface area contributed by atoms with Crippen molar-refractivity contribution < 1.29 is 18.7 Å². The minimum atomic E-state index is -0.249. The number of ether oxygens (including phenoxy) is 1. The second kappa shape index (κ2) is 11.6. The van der Waals surface area contributed by atoms with Crippen LogP contribution in [0.3, 0.4) is 0 Å². The first kappa shape index (κ1) is 22.9. The van der Waals surface area contributed by atoms with E-state index in [4.69, 9.17) is 4.74 Å². The van der Waals surface area contributed by atoms with Crippen molar-refractivity contribution in [1.82, 2.24) is 10.2 Å². The minimum absolute atomic E-state index is 0.0801. The second-order valence-corrected chi connectivity index (χ2v) is 7.84. The van der Waals surface area contributed by atoms with Crippen molar-refractivity contribution in [2.75, 3.05) is 38.7 Å². The number of hydrogen-bond acceptors (Lipinski definition) is 4. The van der Waals surface area contributed by atoms with E-state index in [0.717, 1.165) is 31.4 Å². The number of carbonyl (C=O) groups is 2. The normalized spacial score (nSPS) is 16.6. The van der Waals surface area contributed by atoms with E-state index in [1.165, 1.54) is 12.1 Å². The number of anilines is 1. The molecular formula is C24H30FN3O3. The molecule has 3 rings (SSSR count). The van der Waals surface area contributed by atoms with Crippen molar-refractivity contribution in [3.63, 3.8) is 0 Å². The summed E-state index contributed by atoms with van der Waals surface area (Å²) in [6.07, 6.45) is 2.45. The van der Waals surface area contributed by atoms with Crippen LogP contribution in [0.4, 0.5) is 10.1 Å². The molecule has 2 aromatic rings. The SMILES string of the molecule is COCCCNC(=O)c1ccccc1NC(=O)[C@H]1CCCN(Cc2ccc(F)cc2)C1. The van der Waals surface area contributed by atoms with Crippen LogP contribution in [0.1, 0.15) is 35.2 Å². The quantitative estimate of drug-likeness (QED) is 0.602. The third-order valence-electron chi connectivity index (χ3n) is 5.44. The van der Waals surface area contributed by atoms with Gasteiger partial charge in [0.25, 0.3) is 5.91 Å². The maximum absolute atomic E-state index is 13.1. The average Bonchev–Trinajstić information content (AvgIpc) is 2.79. The molecular weight excluding hydrogens is 397 g/mol. The highest BCUT2D eigenvalue weighted by atomic mass is 19.1. The van der Waals surface area contributed by atoms with Crippen molar-refractivity contribution in [3.8, 4) is 0 Å². The fourth-order valence-electron chi connectivity index (χ4n) is 3.80. The summed E-state index contributed by atoms with van der Waals surface area (Å²) in [4.78, 5) is 27.7. The third-order valence-corrected chi connectivity index (χ3v) is 5.44. The van der Waals surface area contributed by atoms with Crippen LogP contribution < -0.4 is 10.6 Å². The summed E-state index contributed by atoms with van der Waals surface area (Å²) in [5.74, 6) is -0.704. The van der Waals surface area contributed by atoms with Gasteiger partial charge in [0.15, 0.2) is 0 Å². The molecule has 0 bridgehead atoms. The molecule has 2 N–H and O–H groups in total. The Hall–Kier alpha value is -2.77. The molecule has 0 radical (unpaired) electrons. The number of likely N-dealkylation sites (tertiary alicyclic amines) is 1. The predicted octanol–water partition coefficient (Wildman–Crippen LogP) is 3.44. The summed E-state index contributed by atoms with van der Waals surface area (Å²) < 4.78 is 18.1. The number of hydrogen-bond donors (Lipinski definition) is 2. The van der Waals surface area contributed by atoms with Crippen LogP contribution >= 0.6 is 0 Å². The Morgan fingerprint density at radius 3 is 2.71 bits per heavy atom. The topological polar surface area (TPSA) is 70.7 Å². The smallest absolute Gasteiger partial charge is 0.253 e. The Bertz CT molecular complexity index is 873. The lowest BCUT2D eigenvalue weighted by atomic mass is 9.96. The monoisotopic (exact) mass is 427 g/mol. The zero-order valence-electron chi connectivity index (χ0n) is 17.9. The molecule has 1 aliphatic rings. The van der Waals surface area contributed by atoms with Gasteiger partial charge in [-0.1, -0.05) is 24.3 Å². The van der Waals surface area contributed by atoms with E-state index in [1.807, 2.05) is 0 Å². The van der Waals surface area contributed by atoms with Gasteiger partial charge in [-0.05, 0) is 55.6 Å². The van der Waals surface area contributed by atoms with Gasteiger partial charge in [-0.25, -0.2) is 4.39 Å². The first-order chi connectivity index (χ1) is 15.1. The molecule has 1 fully saturated rings. The predicted molar refractivity (Wildman–Crippen MR) is 118 cm³/mol. The van der Waals surface area contributed by atoms with E-state index in [9.17, 15) is 14.0 Å². The number of carbonyl (C=O) groups excluding carboxylic acids is 2. The highest BCUT2D eigenvalue weighted by Crippen LogP contribution is 2.22. The minimum Gasteiger partial charge on any atom is -0.385 e. The standard InChI is InChI=1S/C24H30FN3O3/c1-31-15-5-13-26-24(30)21-7-2-3-8-22(21)27-23(29)19-6-4-14-28(17-19)16-18-9-11-20(25)12-10-18/h2-3,7-12,19H,4-6,13-17H2,1H3,(H,26,30)(H,27,29)/t19-/m0/s1. The largest absolute Gasteiger partial charge is 0.385 e. The Balaban J connectivity index is 1.58. The Kier molecular flexibility index (Phi) is 8.55. The van der Waals surface area contributed by atoms with Gasteiger partial charge >= 0.3 is 0 Å². The van der Waals surface area contributed by atoms with Crippen molar-refractivity contribution in [2.24, 2.45) is 5.92 Å². The van der Waals surface area contributed by atoms with E-state index in [-0.39, 0.29) is 23.5 Å². The zero-order chi connectivity index (χ0) is 22.1. The molecule has 0 aliphatic carbocycles. The Morgan fingerprint density at radius 1 is 1.16 bits per heavy atom. The number of nitrogens with zero attached hydrogens (tertiary/aromatic N) is 1. The van der Waals surface area contributed by atoms with Crippen LogP contribution in [0.15, 0.2) is 48.5 Å². The fraction of sp³-hybridized carbons (Fsp3) is 0.417. The molecule has 0 unspecified atom stereocenters. The molecule has 2 aromatic carbocycles. The highest BCUT2D eigenvalue weighted by molar-refractivity contribution is 6.04. The van der Waals surface area contributed by atoms with Gasteiger partial charge < -0.3 is 15.4 Å². The summed E-state index contributed by atoms with van der Waals surface area (Å²) in [5.41, 5.74) is 2.00. The lowest BCUT2D eigenvalue weighted by molar-refractivity contribution is -0.121. The molecule has 166 valence electrons. The average molecular weight is 428 g/mol. The van der Waals surface area contributed by atoms with Gasteiger partial charge in [0, 0.05) is 33.4 Å². The molecule has 0 spiro atoms. The van der Waals surface area contributed by atoms with Crippen molar-refractivity contribution in [3.05, 3.63) is 65.5 Å². The first-order valence-electron chi connectivity index (χ1n) is 10.7. The Labute approximate surface area is 182 Å². The van der Waals surface area contributed by atoms with Crippen LogP contribution in [-0.2, 0) is 16.1 Å². The van der Waals surface area contributed by atoms with Gasteiger partial charge in [0.2, 0.25) is 5.91 Å². The molecule has 1 aliphatic heterocycles. The summed E-state index contributed by atoms with van der Waals surface area (Å²) in [6.45, 7) is 3.31. The van der Waals surface area contributed by atoms with E-state index >= 15 is 0 Å². The van der Waals surface area contributed by atoms with Gasteiger partial charge in [-0.3, -0.25) is 14.5 Å². The maximum Gasteiger partial charge on any atom is 0.253 e. The number of methoxy groups -OCH3 is 1. The summed E-state index contributed by atoms with van der Waals surface area (Å²) in [5, 5.41) is 5.81. The van der Waals surface area contributed by atoms with Crippen LogP contribution in [0.25, 0.3) is 0 Å². The molecule has 0 aromatic heterocycles. The van der Waals surface area contributed by atoms with Crippen LogP contribution in [0.5, 0.6) is 0 Å². The molecule has 2 amide bonds. The van der Waals surface area contributed by atoms with Crippen molar-refractivity contribution in [2.45, 2.75) is 25.8 Å². The summed E-state index contributed by atoms with van der Waals surface area (Å²) in [7, 11) is 1.62. The molecule has 0 saturated carbocycles. The number of halogens is 1. The van der Waals surface area contributed by atoms with E-state index in [1.54, 1.807) is 43.5 Å². The molecule has 6 nitrogen and oxygen atoms in total. The van der Waals surface area contributed by atoms with E-state index < -0.39 is 0 Å².